The molecule has 1 fully saturated rings. The maximum atomic E-state index is 4.91. The van der Waals surface area contributed by atoms with Gasteiger partial charge in [-0.25, -0.2) is 4.98 Å². The fraction of sp³-hybridized carbons (Fsp3) is 0.588. The van der Waals surface area contributed by atoms with E-state index in [4.69, 9.17) is 4.98 Å². The van der Waals surface area contributed by atoms with Gasteiger partial charge in [-0.2, -0.15) is 0 Å². The molecule has 0 aromatic carbocycles. The molecular formula is C17H25N5S. The number of likely N-dealkylation sites (N-methyl/N-ethyl adjacent to an activating group) is 1. The molecule has 0 bridgehead atoms. The number of thiophene rings is 1. The van der Waals surface area contributed by atoms with Crippen LogP contribution in [0, 0.1) is 0 Å². The molecular weight excluding hydrogens is 306 g/mol. The number of piperazine rings is 1. The standard InChI is InChI=1S/C17H25N5S/c1-19-4-6-20(7-5-19)11-15-12-22-9-8-21(14-17(22)18-15)13-16-3-2-10-23-16/h2-3,10,12H,4-9,11,13-14H2,1H3. The second-order valence-electron chi connectivity index (χ2n) is 6.71. The lowest BCUT2D eigenvalue weighted by molar-refractivity contribution is 0.147. The molecule has 2 aliphatic rings. The van der Waals surface area contributed by atoms with E-state index in [0.717, 1.165) is 45.8 Å². The zero-order valence-electron chi connectivity index (χ0n) is 13.8. The zero-order chi connectivity index (χ0) is 15.6. The third-order valence-electron chi connectivity index (χ3n) is 4.87. The maximum absolute atomic E-state index is 4.91. The molecule has 2 aromatic rings. The van der Waals surface area contributed by atoms with Crippen LogP contribution in [0.5, 0.6) is 0 Å². The van der Waals surface area contributed by atoms with E-state index in [1.54, 1.807) is 0 Å². The van der Waals surface area contributed by atoms with Crippen molar-refractivity contribution in [3.63, 3.8) is 0 Å². The van der Waals surface area contributed by atoms with Gasteiger partial charge in [-0.3, -0.25) is 9.80 Å². The minimum Gasteiger partial charge on any atom is -0.332 e. The first-order valence-corrected chi connectivity index (χ1v) is 9.35. The number of hydrogen-bond acceptors (Lipinski definition) is 5. The Kier molecular flexibility index (Phi) is 4.48. The summed E-state index contributed by atoms with van der Waals surface area (Å²) < 4.78 is 2.36. The first-order valence-electron chi connectivity index (χ1n) is 8.47. The van der Waals surface area contributed by atoms with Gasteiger partial charge in [-0.15, -0.1) is 11.3 Å². The number of imidazole rings is 1. The molecule has 0 saturated carbocycles. The first kappa shape index (κ1) is 15.3. The van der Waals surface area contributed by atoms with Gasteiger partial charge in [0.2, 0.25) is 0 Å². The molecule has 0 unspecified atom stereocenters. The van der Waals surface area contributed by atoms with Crippen LogP contribution in [-0.4, -0.2) is 64.0 Å². The smallest absolute Gasteiger partial charge is 0.123 e. The molecule has 0 N–H and O–H groups in total. The van der Waals surface area contributed by atoms with Crippen molar-refractivity contribution in [2.75, 3.05) is 39.8 Å². The van der Waals surface area contributed by atoms with E-state index in [0.29, 0.717) is 0 Å². The van der Waals surface area contributed by atoms with Crippen molar-refractivity contribution in [2.45, 2.75) is 26.2 Å². The molecule has 0 aliphatic carbocycles. The SMILES string of the molecule is CN1CCN(Cc2cn3c(n2)CN(Cc2cccs2)CC3)CC1. The van der Waals surface area contributed by atoms with E-state index in [-0.39, 0.29) is 0 Å². The molecule has 0 atom stereocenters. The Balaban J connectivity index is 1.37. The van der Waals surface area contributed by atoms with Crippen molar-refractivity contribution in [2.24, 2.45) is 0 Å². The van der Waals surface area contributed by atoms with Gasteiger partial charge >= 0.3 is 0 Å². The summed E-state index contributed by atoms with van der Waals surface area (Å²) in [6, 6.07) is 4.36. The van der Waals surface area contributed by atoms with Crippen LogP contribution in [-0.2, 0) is 26.2 Å². The summed E-state index contributed by atoms with van der Waals surface area (Å²) in [6.45, 7) is 9.86. The molecule has 23 heavy (non-hydrogen) atoms. The average molecular weight is 331 g/mol. The zero-order valence-corrected chi connectivity index (χ0v) is 14.6. The summed E-state index contributed by atoms with van der Waals surface area (Å²) in [5.41, 5.74) is 1.24. The van der Waals surface area contributed by atoms with Crippen molar-refractivity contribution >= 4 is 11.3 Å². The van der Waals surface area contributed by atoms with Crippen LogP contribution in [0.3, 0.4) is 0 Å². The summed E-state index contributed by atoms with van der Waals surface area (Å²) in [5.74, 6) is 1.23. The van der Waals surface area contributed by atoms with Gasteiger partial charge in [-0.1, -0.05) is 6.07 Å². The molecule has 2 aliphatic heterocycles. The highest BCUT2D eigenvalue weighted by molar-refractivity contribution is 7.09. The third-order valence-corrected chi connectivity index (χ3v) is 5.73. The Labute approximate surface area is 142 Å². The Morgan fingerprint density at radius 2 is 1.87 bits per heavy atom. The minimum atomic E-state index is 0.973. The van der Waals surface area contributed by atoms with E-state index < -0.39 is 0 Å². The van der Waals surface area contributed by atoms with Crippen LogP contribution >= 0.6 is 11.3 Å². The fourth-order valence-corrected chi connectivity index (χ4v) is 4.18. The molecule has 124 valence electrons. The van der Waals surface area contributed by atoms with Crippen molar-refractivity contribution in [3.05, 3.63) is 40.1 Å². The number of hydrogen-bond donors (Lipinski definition) is 0. The predicted molar refractivity (Wildman–Crippen MR) is 93.4 cm³/mol. The van der Waals surface area contributed by atoms with Crippen molar-refractivity contribution in [3.8, 4) is 0 Å². The molecule has 4 rings (SSSR count). The normalized spacial score (nSPS) is 20.7. The van der Waals surface area contributed by atoms with Crippen molar-refractivity contribution < 1.29 is 0 Å². The van der Waals surface area contributed by atoms with Crippen LogP contribution in [0.15, 0.2) is 23.7 Å². The summed E-state index contributed by atoms with van der Waals surface area (Å²) in [7, 11) is 2.20. The van der Waals surface area contributed by atoms with Crippen LogP contribution < -0.4 is 0 Å². The van der Waals surface area contributed by atoms with Crippen LogP contribution in [0.4, 0.5) is 0 Å². The van der Waals surface area contributed by atoms with E-state index in [2.05, 4.69) is 50.0 Å². The monoisotopic (exact) mass is 331 g/mol. The highest BCUT2D eigenvalue weighted by Crippen LogP contribution is 2.18. The Bertz CT molecular complexity index is 627. The van der Waals surface area contributed by atoms with E-state index in [1.807, 2.05) is 11.3 Å². The second-order valence-corrected chi connectivity index (χ2v) is 7.74. The maximum Gasteiger partial charge on any atom is 0.123 e. The topological polar surface area (TPSA) is 27.5 Å². The van der Waals surface area contributed by atoms with Gasteiger partial charge in [0.05, 0.1) is 12.2 Å². The molecule has 6 heteroatoms. The Morgan fingerprint density at radius 1 is 1.04 bits per heavy atom. The van der Waals surface area contributed by atoms with Gasteiger partial charge in [0.1, 0.15) is 5.82 Å². The summed E-state index contributed by atoms with van der Waals surface area (Å²) in [5, 5.41) is 2.16. The minimum absolute atomic E-state index is 0.973. The van der Waals surface area contributed by atoms with Crippen molar-refractivity contribution in [1.82, 2.24) is 24.3 Å². The quantitative estimate of drug-likeness (QED) is 0.852. The lowest BCUT2D eigenvalue weighted by atomic mass is 10.3. The molecule has 4 heterocycles. The Hall–Kier alpha value is -1.21. The Morgan fingerprint density at radius 3 is 2.65 bits per heavy atom. The van der Waals surface area contributed by atoms with E-state index in [9.17, 15) is 0 Å². The van der Waals surface area contributed by atoms with E-state index in [1.165, 1.54) is 29.5 Å². The number of fused-ring (bicyclic) bond motifs is 1. The lowest BCUT2D eigenvalue weighted by Crippen LogP contribution is -2.43. The van der Waals surface area contributed by atoms with Gasteiger partial charge in [0, 0.05) is 63.4 Å². The van der Waals surface area contributed by atoms with Gasteiger partial charge in [0.25, 0.3) is 0 Å². The van der Waals surface area contributed by atoms with Crippen LogP contribution in [0.25, 0.3) is 0 Å². The van der Waals surface area contributed by atoms with Gasteiger partial charge in [0.15, 0.2) is 0 Å². The highest BCUT2D eigenvalue weighted by Gasteiger charge is 2.20. The fourth-order valence-electron chi connectivity index (χ4n) is 3.43. The first-order chi connectivity index (χ1) is 11.3. The summed E-state index contributed by atoms with van der Waals surface area (Å²) in [6.07, 6.45) is 2.27. The largest absolute Gasteiger partial charge is 0.332 e. The molecule has 1 saturated heterocycles. The van der Waals surface area contributed by atoms with Crippen LogP contribution in [0.2, 0.25) is 0 Å². The van der Waals surface area contributed by atoms with Gasteiger partial charge < -0.3 is 9.47 Å². The molecule has 0 amide bonds. The molecule has 0 spiro atoms. The van der Waals surface area contributed by atoms with E-state index >= 15 is 0 Å². The molecule has 5 nitrogen and oxygen atoms in total. The number of nitrogens with zero attached hydrogens (tertiary/aromatic N) is 5. The van der Waals surface area contributed by atoms with Crippen LogP contribution in [0.1, 0.15) is 16.4 Å². The van der Waals surface area contributed by atoms with Gasteiger partial charge in [-0.05, 0) is 18.5 Å². The number of aromatic nitrogens is 2. The highest BCUT2D eigenvalue weighted by atomic mass is 32.1. The molecule has 0 radical (unpaired) electrons. The molecule has 2 aromatic heterocycles. The summed E-state index contributed by atoms with van der Waals surface area (Å²) >= 11 is 1.85. The third kappa shape index (κ3) is 3.66. The lowest BCUT2D eigenvalue weighted by Gasteiger charge is -2.31. The van der Waals surface area contributed by atoms with Crippen molar-refractivity contribution in [1.29, 1.82) is 0 Å². The predicted octanol–water partition coefficient (Wildman–Crippen LogP) is 1.71. The second kappa shape index (κ2) is 6.73. The number of rotatable bonds is 4. The average Bonchev–Trinajstić information content (AvgIpc) is 3.18. The summed E-state index contributed by atoms with van der Waals surface area (Å²) in [4.78, 5) is 13.8.